The predicted molar refractivity (Wildman–Crippen MR) is 93.3 cm³/mol. The molecule has 4 fully saturated rings. The molecule has 4 aliphatic rings. The number of aliphatic hydroxyl groups excluding tert-OH is 2. The Morgan fingerprint density at radius 1 is 0.958 bits per heavy atom. The highest BCUT2D eigenvalue weighted by atomic mass is 16.3. The second kappa shape index (κ2) is 5.81. The van der Waals surface area contributed by atoms with Crippen molar-refractivity contribution in [3.05, 3.63) is 0 Å². The van der Waals surface area contributed by atoms with Crippen LogP contribution in [-0.4, -0.2) is 28.7 Å². The van der Waals surface area contributed by atoms with Gasteiger partial charge in [0.15, 0.2) is 5.78 Å². The van der Waals surface area contributed by atoms with E-state index < -0.39 is 0 Å². The second-order valence-corrected chi connectivity index (χ2v) is 9.88. The van der Waals surface area contributed by atoms with Crippen LogP contribution in [0.25, 0.3) is 0 Å². The van der Waals surface area contributed by atoms with Crippen LogP contribution in [0.1, 0.15) is 71.6 Å². The van der Waals surface area contributed by atoms with Gasteiger partial charge >= 0.3 is 0 Å². The van der Waals surface area contributed by atoms with E-state index in [9.17, 15) is 15.0 Å². The zero-order chi connectivity index (χ0) is 17.1. The minimum Gasteiger partial charge on any atom is -0.393 e. The van der Waals surface area contributed by atoms with Crippen LogP contribution in [0.5, 0.6) is 0 Å². The topological polar surface area (TPSA) is 57.5 Å². The van der Waals surface area contributed by atoms with Gasteiger partial charge in [0.2, 0.25) is 0 Å². The quantitative estimate of drug-likeness (QED) is 0.812. The van der Waals surface area contributed by atoms with Crippen molar-refractivity contribution in [1.82, 2.24) is 0 Å². The second-order valence-electron chi connectivity index (χ2n) is 9.88. The van der Waals surface area contributed by atoms with Crippen LogP contribution in [0.4, 0.5) is 0 Å². The van der Waals surface area contributed by atoms with Crippen LogP contribution in [0.3, 0.4) is 0 Å². The molecule has 0 aromatic carbocycles. The Bertz CT molecular complexity index is 517. The zero-order valence-electron chi connectivity index (χ0n) is 15.3. The van der Waals surface area contributed by atoms with Crippen molar-refractivity contribution < 1.29 is 15.0 Å². The molecule has 0 aromatic rings. The summed E-state index contributed by atoms with van der Waals surface area (Å²) in [4.78, 5) is 12.3. The molecule has 3 nitrogen and oxygen atoms in total. The van der Waals surface area contributed by atoms with E-state index in [2.05, 4.69) is 13.8 Å². The molecule has 0 bridgehead atoms. The Kier molecular flexibility index (Phi) is 4.12. The molecular weight excluding hydrogens is 300 g/mol. The highest BCUT2D eigenvalue weighted by molar-refractivity contribution is 5.83. The van der Waals surface area contributed by atoms with Crippen molar-refractivity contribution in [3.63, 3.8) is 0 Å². The average Bonchev–Trinajstić information content (AvgIpc) is 2.92. The first-order valence-corrected chi connectivity index (χ1v) is 10.2. The Morgan fingerprint density at radius 3 is 2.42 bits per heavy atom. The molecule has 4 saturated carbocycles. The fourth-order valence-electron chi connectivity index (χ4n) is 7.87. The summed E-state index contributed by atoms with van der Waals surface area (Å²) in [5.41, 5.74) is 0.529. The lowest BCUT2D eigenvalue weighted by atomic mass is 9.44. The highest BCUT2D eigenvalue weighted by Crippen LogP contribution is 2.67. The number of rotatable bonds is 2. The third-order valence-corrected chi connectivity index (χ3v) is 9.18. The van der Waals surface area contributed by atoms with E-state index >= 15 is 0 Å². The van der Waals surface area contributed by atoms with Gasteiger partial charge in [-0.1, -0.05) is 13.8 Å². The van der Waals surface area contributed by atoms with Crippen LogP contribution >= 0.6 is 0 Å². The molecule has 0 aromatic heterocycles. The molecule has 0 saturated heterocycles. The van der Waals surface area contributed by atoms with Gasteiger partial charge in [0.1, 0.15) is 6.61 Å². The first-order chi connectivity index (χ1) is 11.4. The average molecular weight is 335 g/mol. The van der Waals surface area contributed by atoms with Crippen LogP contribution in [-0.2, 0) is 4.79 Å². The number of Topliss-reactive ketones (excluding diaryl/α,β-unsaturated/α-hetero) is 1. The van der Waals surface area contributed by atoms with Crippen LogP contribution in [0.2, 0.25) is 0 Å². The molecule has 0 unspecified atom stereocenters. The lowest BCUT2D eigenvalue weighted by Crippen LogP contribution is -2.54. The number of ketones is 1. The monoisotopic (exact) mass is 334 g/mol. The molecule has 4 aliphatic carbocycles. The van der Waals surface area contributed by atoms with Crippen LogP contribution in [0, 0.1) is 40.4 Å². The van der Waals surface area contributed by atoms with Crippen LogP contribution in [0.15, 0.2) is 0 Å². The van der Waals surface area contributed by atoms with Crippen molar-refractivity contribution in [1.29, 1.82) is 0 Å². The summed E-state index contributed by atoms with van der Waals surface area (Å²) in [6.07, 6.45) is 10.2. The first kappa shape index (κ1) is 17.0. The third-order valence-electron chi connectivity index (χ3n) is 9.18. The van der Waals surface area contributed by atoms with E-state index in [1.165, 1.54) is 32.1 Å². The maximum Gasteiger partial charge on any atom is 0.161 e. The van der Waals surface area contributed by atoms with Gasteiger partial charge < -0.3 is 10.2 Å². The minimum atomic E-state index is -0.279. The van der Waals surface area contributed by atoms with E-state index in [1.54, 1.807) is 0 Å². The number of fused-ring (bicyclic) bond motifs is 5. The Hall–Kier alpha value is -0.410. The molecule has 136 valence electrons. The van der Waals surface area contributed by atoms with E-state index in [0.717, 1.165) is 37.5 Å². The van der Waals surface area contributed by atoms with E-state index in [-0.39, 0.29) is 29.8 Å². The highest BCUT2D eigenvalue weighted by Gasteiger charge is 2.60. The lowest BCUT2D eigenvalue weighted by Gasteiger charge is -2.60. The number of aliphatic hydroxyl groups is 2. The van der Waals surface area contributed by atoms with Gasteiger partial charge in [-0.15, -0.1) is 0 Å². The van der Waals surface area contributed by atoms with Gasteiger partial charge in [0, 0.05) is 5.92 Å². The molecule has 0 radical (unpaired) electrons. The normalized spacial score (nSPS) is 53.8. The van der Waals surface area contributed by atoms with Crippen molar-refractivity contribution in [3.8, 4) is 0 Å². The fraction of sp³-hybridized carbons (Fsp3) is 0.952. The smallest absolute Gasteiger partial charge is 0.161 e. The van der Waals surface area contributed by atoms with E-state index in [0.29, 0.717) is 17.3 Å². The number of hydrogen-bond donors (Lipinski definition) is 2. The number of carbonyl (C=O) groups is 1. The molecule has 0 aliphatic heterocycles. The van der Waals surface area contributed by atoms with Crippen molar-refractivity contribution >= 4 is 5.78 Å². The first-order valence-electron chi connectivity index (χ1n) is 10.2. The summed E-state index contributed by atoms with van der Waals surface area (Å²) in [7, 11) is 0. The van der Waals surface area contributed by atoms with E-state index in [1.807, 2.05) is 0 Å². The largest absolute Gasteiger partial charge is 0.393 e. The Balaban J connectivity index is 1.60. The Labute approximate surface area is 146 Å². The molecule has 0 amide bonds. The maximum atomic E-state index is 12.3. The molecule has 2 N–H and O–H groups in total. The van der Waals surface area contributed by atoms with Crippen LogP contribution < -0.4 is 0 Å². The predicted octanol–water partition coefficient (Wildman–Crippen LogP) is 3.57. The summed E-state index contributed by atoms with van der Waals surface area (Å²) >= 11 is 0. The van der Waals surface area contributed by atoms with Gasteiger partial charge in [-0.25, -0.2) is 0 Å². The van der Waals surface area contributed by atoms with Crippen molar-refractivity contribution in [2.45, 2.75) is 77.7 Å². The molecule has 4 rings (SSSR count). The molecule has 0 heterocycles. The molecule has 3 heteroatoms. The summed E-state index contributed by atoms with van der Waals surface area (Å²) in [6.45, 7) is 4.57. The fourth-order valence-corrected chi connectivity index (χ4v) is 7.87. The number of hydrogen-bond acceptors (Lipinski definition) is 3. The molecular formula is C21H34O3. The lowest BCUT2D eigenvalue weighted by molar-refractivity contribution is -0.141. The van der Waals surface area contributed by atoms with Gasteiger partial charge in [0.05, 0.1) is 6.10 Å². The van der Waals surface area contributed by atoms with Crippen molar-refractivity contribution in [2.75, 3.05) is 6.61 Å². The number of carbonyl (C=O) groups excluding carboxylic acids is 1. The Morgan fingerprint density at radius 2 is 1.67 bits per heavy atom. The van der Waals surface area contributed by atoms with Crippen molar-refractivity contribution in [2.24, 2.45) is 40.4 Å². The minimum absolute atomic E-state index is 0.0773. The molecule has 8 atom stereocenters. The third kappa shape index (κ3) is 2.26. The van der Waals surface area contributed by atoms with Gasteiger partial charge in [-0.2, -0.15) is 0 Å². The standard InChI is InChI=1S/C21H34O3/c1-20-9-7-14(23)11-13(20)3-4-15-16-5-6-18(19(24)12-22)21(16,2)10-8-17(15)20/h13-18,22-23H,3-12H2,1-2H3/t13-,14+,15-,16-,17-,18+,20-,21-/m0/s1. The van der Waals surface area contributed by atoms with Gasteiger partial charge in [-0.05, 0) is 92.3 Å². The van der Waals surface area contributed by atoms with Gasteiger partial charge in [0.25, 0.3) is 0 Å². The summed E-state index contributed by atoms with van der Waals surface area (Å²) in [5.74, 6) is 3.08. The molecule has 0 spiro atoms. The zero-order valence-corrected chi connectivity index (χ0v) is 15.3. The molecule has 24 heavy (non-hydrogen) atoms. The van der Waals surface area contributed by atoms with Gasteiger partial charge in [-0.3, -0.25) is 4.79 Å². The summed E-state index contributed by atoms with van der Waals surface area (Å²) in [5, 5.41) is 19.5. The summed E-state index contributed by atoms with van der Waals surface area (Å²) in [6, 6.07) is 0. The van der Waals surface area contributed by atoms with E-state index in [4.69, 9.17) is 0 Å². The summed E-state index contributed by atoms with van der Waals surface area (Å²) < 4.78 is 0. The SMILES string of the molecule is C[C@]12CC[C@@H](O)C[C@@H]1CC[C@@H]1[C@@H]2CC[C@]2(C)[C@@H](C(=O)CO)CC[C@@H]12. The maximum absolute atomic E-state index is 12.3.